The van der Waals surface area contributed by atoms with E-state index in [9.17, 15) is 18.0 Å². The number of ether oxygens (including phenoxy) is 1. The Balaban J connectivity index is 1.94. The normalized spacial score (nSPS) is 11.4. The van der Waals surface area contributed by atoms with Gasteiger partial charge in [0.15, 0.2) is 5.13 Å². The van der Waals surface area contributed by atoms with Gasteiger partial charge in [-0.15, -0.1) is 0 Å². The molecule has 27 heavy (non-hydrogen) atoms. The van der Waals surface area contributed by atoms with E-state index in [1.165, 1.54) is 31.6 Å². The highest BCUT2D eigenvalue weighted by atomic mass is 79.9. The molecule has 0 unspecified atom stereocenters. The number of anilines is 1. The van der Waals surface area contributed by atoms with Crippen LogP contribution in [0.5, 0.6) is 0 Å². The lowest BCUT2D eigenvalue weighted by Crippen LogP contribution is -2.34. The van der Waals surface area contributed by atoms with Gasteiger partial charge in [-0.2, -0.15) is 0 Å². The number of esters is 1. The van der Waals surface area contributed by atoms with E-state index in [1.54, 1.807) is 17.7 Å². The van der Waals surface area contributed by atoms with Crippen molar-refractivity contribution in [1.29, 1.82) is 0 Å². The predicted molar refractivity (Wildman–Crippen MR) is 103 cm³/mol. The molecule has 2 N–H and O–H groups in total. The molecule has 0 bridgehead atoms. The van der Waals surface area contributed by atoms with Gasteiger partial charge in [0.2, 0.25) is 0 Å². The minimum Gasteiger partial charge on any atom is -0.465 e. The monoisotopic (exact) mass is 472 g/mol. The van der Waals surface area contributed by atoms with Crippen LogP contribution >= 0.6 is 27.3 Å². The van der Waals surface area contributed by atoms with Crippen LogP contribution in [0, 0.1) is 0 Å². The number of carbonyl (C=O) groups excluding carboxylic acids is 2. The summed E-state index contributed by atoms with van der Waals surface area (Å²) in [5.74, 6) is -0.593. The number of amides is 2. The van der Waals surface area contributed by atoms with Gasteiger partial charge >= 0.3 is 12.0 Å². The number of hydrogen-bond acceptors (Lipinski definition) is 7. The van der Waals surface area contributed by atoms with Gasteiger partial charge in [0.1, 0.15) is 4.90 Å². The number of fused-ring (bicyclic) bond motifs is 1. The molecule has 0 saturated carbocycles. The molecule has 2 aromatic heterocycles. The van der Waals surface area contributed by atoms with Crippen LogP contribution in [0.2, 0.25) is 0 Å². The molecular weight excluding hydrogens is 460 g/mol. The van der Waals surface area contributed by atoms with Gasteiger partial charge in [-0.3, -0.25) is 5.32 Å². The van der Waals surface area contributed by atoms with Crippen molar-refractivity contribution in [3.8, 4) is 0 Å². The van der Waals surface area contributed by atoms with Gasteiger partial charge in [0, 0.05) is 24.1 Å². The molecule has 142 valence electrons. The quantitative estimate of drug-likeness (QED) is 0.563. The summed E-state index contributed by atoms with van der Waals surface area (Å²) < 4.78 is 34.3. The molecule has 0 radical (unpaired) electrons. The Hall–Kier alpha value is -2.44. The molecule has 0 aliphatic heterocycles. The number of nitrogens with one attached hydrogen (secondary N) is 2. The standard InChI is InChI=1S/C15H13BrN4O5S2/c1-20-7-11(9-5-8(13(21)25-2)3-4-10(9)20)27(23,24)19-14(22)18-15-17-6-12(16)26-15/h3-7H,1-2H3,(H2,17,18,19,22). The summed E-state index contributed by atoms with van der Waals surface area (Å²) in [6, 6.07) is 3.60. The molecule has 1 aromatic carbocycles. The van der Waals surface area contributed by atoms with Crippen molar-refractivity contribution in [2.24, 2.45) is 7.05 Å². The Morgan fingerprint density at radius 3 is 2.70 bits per heavy atom. The Bertz CT molecular complexity index is 1150. The largest absolute Gasteiger partial charge is 0.465 e. The summed E-state index contributed by atoms with van der Waals surface area (Å²) in [5, 5.41) is 2.88. The molecule has 2 heterocycles. The maximum Gasteiger partial charge on any atom is 0.337 e. The smallest absolute Gasteiger partial charge is 0.337 e. The van der Waals surface area contributed by atoms with E-state index in [2.05, 4.69) is 31.0 Å². The van der Waals surface area contributed by atoms with Gasteiger partial charge in [-0.1, -0.05) is 11.3 Å². The molecule has 12 heteroatoms. The first-order chi connectivity index (χ1) is 12.7. The molecule has 3 aromatic rings. The maximum absolute atomic E-state index is 12.7. The Morgan fingerprint density at radius 2 is 2.07 bits per heavy atom. The molecule has 0 fully saturated rings. The summed E-state index contributed by atoms with van der Waals surface area (Å²) in [7, 11) is -1.30. The van der Waals surface area contributed by atoms with Crippen molar-refractivity contribution >= 4 is 65.3 Å². The first kappa shape index (κ1) is 19.3. The first-order valence-corrected chi connectivity index (χ1v) is 10.4. The summed E-state index contributed by atoms with van der Waals surface area (Å²) in [5.41, 5.74) is 0.775. The highest BCUT2D eigenvalue weighted by Crippen LogP contribution is 2.27. The predicted octanol–water partition coefficient (Wildman–Crippen LogP) is 2.69. The van der Waals surface area contributed by atoms with Crippen molar-refractivity contribution in [2.45, 2.75) is 4.90 Å². The molecule has 0 aliphatic rings. The van der Waals surface area contributed by atoms with Crippen molar-refractivity contribution in [2.75, 3.05) is 12.4 Å². The third-order valence-corrected chi connectivity index (χ3v) is 6.34. The van der Waals surface area contributed by atoms with Crippen molar-refractivity contribution < 1.29 is 22.7 Å². The lowest BCUT2D eigenvalue weighted by Gasteiger charge is -2.06. The van der Waals surface area contributed by atoms with Crippen LogP contribution in [0.15, 0.2) is 39.3 Å². The van der Waals surface area contributed by atoms with Gasteiger partial charge < -0.3 is 9.30 Å². The summed E-state index contributed by atoms with van der Waals surface area (Å²) in [4.78, 5) is 27.5. The number of methoxy groups -OCH3 is 1. The second-order valence-corrected chi connectivity index (χ2v) is 9.42. The van der Waals surface area contributed by atoms with Gasteiger partial charge in [0.05, 0.1) is 22.7 Å². The van der Waals surface area contributed by atoms with Crippen LogP contribution in [0.25, 0.3) is 10.9 Å². The Morgan fingerprint density at radius 1 is 1.33 bits per heavy atom. The average molecular weight is 473 g/mol. The molecule has 0 atom stereocenters. The number of carbonyl (C=O) groups is 2. The highest BCUT2D eigenvalue weighted by Gasteiger charge is 2.24. The van der Waals surface area contributed by atoms with E-state index in [4.69, 9.17) is 0 Å². The lowest BCUT2D eigenvalue weighted by atomic mass is 10.1. The molecule has 2 amide bonds. The van der Waals surface area contributed by atoms with E-state index in [1.807, 2.05) is 4.72 Å². The van der Waals surface area contributed by atoms with Crippen LogP contribution in [0.3, 0.4) is 0 Å². The van der Waals surface area contributed by atoms with Crippen LogP contribution in [0.4, 0.5) is 9.93 Å². The summed E-state index contributed by atoms with van der Waals surface area (Å²) in [6.07, 6.45) is 2.84. The second-order valence-electron chi connectivity index (χ2n) is 5.36. The number of thiazole rings is 1. The average Bonchev–Trinajstić information content (AvgIpc) is 3.16. The topological polar surface area (TPSA) is 119 Å². The molecular formula is C15H13BrN4O5S2. The number of benzene rings is 1. The van der Waals surface area contributed by atoms with Crippen LogP contribution in [-0.2, 0) is 21.8 Å². The number of nitrogens with zero attached hydrogens (tertiary/aromatic N) is 2. The van der Waals surface area contributed by atoms with Crippen LogP contribution in [0.1, 0.15) is 10.4 Å². The van der Waals surface area contributed by atoms with Crippen molar-refractivity contribution in [3.05, 3.63) is 39.9 Å². The van der Waals surface area contributed by atoms with E-state index in [0.717, 1.165) is 11.3 Å². The van der Waals surface area contributed by atoms with E-state index < -0.39 is 22.0 Å². The third kappa shape index (κ3) is 3.96. The minimum absolute atomic E-state index is 0.138. The zero-order valence-corrected chi connectivity index (χ0v) is 17.2. The molecule has 0 spiro atoms. The molecule has 0 aliphatic carbocycles. The number of rotatable bonds is 4. The number of aryl methyl sites for hydroxylation is 1. The molecule has 3 rings (SSSR count). The Kier molecular flexibility index (Phi) is 5.22. The number of halogens is 1. The van der Waals surface area contributed by atoms with Crippen molar-refractivity contribution in [1.82, 2.24) is 14.3 Å². The summed E-state index contributed by atoms with van der Waals surface area (Å²) in [6.45, 7) is 0. The fourth-order valence-electron chi connectivity index (χ4n) is 2.43. The van der Waals surface area contributed by atoms with Gasteiger partial charge in [0.25, 0.3) is 10.0 Å². The van der Waals surface area contributed by atoms with Crippen LogP contribution in [-0.4, -0.2) is 37.1 Å². The number of hydrogen-bond donors (Lipinski definition) is 2. The second kappa shape index (κ2) is 7.29. The fourth-order valence-corrected chi connectivity index (χ4v) is 4.68. The first-order valence-electron chi connectivity index (χ1n) is 7.34. The highest BCUT2D eigenvalue weighted by molar-refractivity contribution is 9.11. The summed E-state index contributed by atoms with van der Waals surface area (Å²) >= 11 is 4.34. The van der Waals surface area contributed by atoms with Gasteiger partial charge in [-0.25, -0.2) is 27.7 Å². The van der Waals surface area contributed by atoms with E-state index in [-0.39, 0.29) is 21.0 Å². The third-order valence-electron chi connectivity index (χ3n) is 3.59. The number of aromatic nitrogens is 2. The minimum atomic E-state index is -4.20. The SMILES string of the molecule is COC(=O)c1ccc2c(c1)c(S(=O)(=O)NC(=O)Nc1ncc(Br)s1)cn2C. The van der Waals surface area contributed by atoms with E-state index >= 15 is 0 Å². The maximum atomic E-state index is 12.7. The van der Waals surface area contributed by atoms with E-state index in [0.29, 0.717) is 9.30 Å². The fraction of sp³-hybridized carbons (Fsp3) is 0.133. The van der Waals surface area contributed by atoms with Gasteiger partial charge in [-0.05, 0) is 34.1 Å². The number of sulfonamides is 1. The Labute approximate surface area is 166 Å². The molecule has 0 saturated heterocycles. The zero-order valence-electron chi connectivity index (χ0n) is 14.0. The zero-order chi connectivity index (χ0) is 19.8. The molecule has 9 nitrogen and oxygen atoms in total. The van der Waals surface area contributed by atoms with Crippen molar-refractivity contribution in [3.63, 3.8) is 0 Å². The lowest BCUT2D eigenvalue weighted by molar-refractivity contribution is 0.0601. The number of urea groups is 1. The van der Waals surface area contributed by atoms with Crippen LogP contribution < -0.4 is 10.0 Å².